The zero-order chi connectivity index (χ0) is 12.3. The Hall–Kier alpha value is -1.09. The van der Waals surface area contributed by atoms with Gasteiger partial charge in [0.1, 0.15) is 11.7 Å². The van der Waals surface area contributed by atoms with E-state index in [1.807, 2.05) is 4.90 Å². The topological polar surface area (TPSA) is 27.1 Å². The van der Waals surface area contributed by atoms with Crippen LogP contribution in [0.4, 0.5) is 4.39 Å². The monoisotopic (exact) mass is 254 g/mol. The van der Waals surface area contributed by atoms with E-state index in [4.69, 9.17) is 17.0 Å². The van der Waals surface area contributed by atoms with Crippen LogP contribution in [0.3, 0.4) is 0 Å². The van der Waals surface area contributed by atoms with Gasteiger partial charge in [-0.15, -0.1) is 0 Å². The molecule has 2 rings (SSSR count). The summed E-state index contributed by atoms with van der Waals surface area (Å²) in [5.41, 5.74) is 0.507. The summed E-state index contributed by atoms with van der Waals surface area (Å²) in [6.07, 6.45) is 3.81. The molecular formula is C13H16ClFN2. The van der Waals surface area contributed by atoms with Crippen LogP contribution in [0.1, 0.15) is 24.8 Å². The van der Waals surface area contributed by atoms with Crippen molar-refractivity contribution in [1.29, 1.82) is 5.41 Å². The maximum Gasteiger partial charge on any atom is 0.145 e. The van der Waals surface area contributed by atoms with Crippen LogP contribution >= 0.6 is 11.6 Å². The molecule has 1 heterocycles. The molecule has 1 aliphatic rings. The number of hydrogen-bond acceptors (Lipinski definition) is 1. The lowest BCUT2D eigenvalue weighted by Gasteiger charge is -2.29. The Morgan fingerprint density at radius 1 is 1.29 bits per heavy atom. The van der Waals surface area contributed by atoms with Gasteiger partial charge in [0.2, 0.25) is 0 Å². The normalized spacial score (nSPS) is 16.0. The van der Waals surface area contributed by atoms with E-state index in [1.165, 1.54) is 12.5 Å². The highest BCUT2D eigenvalue weighted by Gasteiger charge is 2.15. The molecule has 0 bridgehead atoms. The SMILES string of the molecule is N=C(Cc1cccc(Cl)c1F)N1CCCCC1. The van der Waals surface area contributed by atoms with Crippen LogP contribution < -0.4 is 0 Å². The number of amidine groups is 1. The summed E-state index contributed by atoms with van der Waals surface area (Å²) in [5.74, 6) is 0.0989. The predicted molar refractivity (Wildman–Crippen MR) is 68.3 cm³/mol. The molecule has 0 spiro atoms. The minimum absolute atomic E-state index is 0.133. The van der Waals surface area contributed by atoms with E-state index >= 15 is 0 Å². The van der Waals surface area contributed by atoms with Gasteiger partial charge >= 0.3 is 0 Å². The van der Waals surface area contributed by atoms with Crippen LogP contribution in [-0.2, 0) is 6.42 Å². The zero-order valence-corrected chi connectivity index (χ0v) is 10.4. The third-order valence-corrected chi connectivity index (χ3v) is 3.42. The van der Waals surface area contributed by atoms with Gasteiger partial charge in [0, 0.05) is 19.5 Å². The molecule has 4 heteroatoms. The highest BCUT2D eigenvalue weighted by atomic mass is 35.5. The number of hydrogen-bond donors (Lipinski definition) is 1. The predicted octanol–water partition coefficient (Wildman–Crippen LogP) is 3.48. The minimum atomic E-state index is -0.393. The minimum Gasteiger partial charge on any atom is -0.360 e. The van der Waals surface area contributed by atoms with Crippen molar-refractivity contribution in [3.8, 4) is 0 Å². The smallest absolute Gasteiger partial charge is 0.145 e. The van der Waals surface area contributed by atoms with Crippen LogP contribution in [-0.4, -0.2) is 23.8 Å². The first-order valence-corrected chi connectivity index (χ1v) is 6.31. The van der Waals surface area contributed by atoms with E-state index in [0.717, 1.165) is 25.9 Å². The van der Waals surface area contributed by atoms with Gasteiger partial charge in [0.05, 0.1) is 5.02 Å². The van der Waals surface area contributed by atoms with Crippen molar-refractivity contribution in [2.24, 2.45) is 0 Å². The van der Waals surface area contributed by atoms with Gasteiger partial charge in [-0.2, -0.15) is 0 Å². The molecule has 92 valence electrons. The van der Waals surface area contributed by atoms with E-state index in [1.54, 1.807) is 12.1 Å². The number of halogens is 2. The lowest BCUT2D eigenvalue weighted by Crippen LogP contribution is -2.36. The lowest BCUT2D eigenvalue weighted by atomic mass is 10.1. The van der Waals surface area contributed by atoms with E-state index in [0.29, 0.717) is 17.8 Å². The average Bonchev–Trinajstić information content (AvgIpc) is 2.36. The number of piperidine rings is 1. The second kappa shape index (κ2) is 5.50. The third-order valence-electron chi connectivity index (χ3n) is 3.13. The number of nitrogens with one attached hydrogen (secondary N) is 1. The Bertz CT molecular complexity index is 414. The van der Waals surface area contributed by atoms with Gasteiger partial charge < -0.3 is 4.90 Å². The highest BCUT2D eigenvalue weighted by Crippen LogP contribution is 2.19. The van der Waals surface area contributed by atoms with Crippen molar-refractivity contribution in [3.63, 3.8) is 0 Å². The first-order chi connectivity index (χ1) is 8.18. The maximum absolute atomic E-state index is 13.7. The van der Waals surface area contributed by atoms with Gasteiger partial charge in [0.15, 0.2) is 0 Å². The summed E-state index contributed by atoms with van der Waals surface area (Å²) < 4.78 is 13.7. The second-order valence-corrected chi connectivity index (χ2v) is 4.79. The summed E-state index contributed by atoms with van der Waals surface area (Å²) in [4.78, 5) is 2.03. The molecular weight excluding hydrogens is 239 g/mol. The fourth-order valence-electron chi connectivity index (χ4n) is 2.14. The quantitative estimate of drug-likeness (QED) is 0.635. The molecule has 0 amide bonds. The Morgan fingerprint density at radius 2 is 2.00 bits per heavy atom. The van der Waals surface area contributed by atoms with Crippen LogP contribution in [0.25, 0.3) is 0 Å². The van der Waals surface area contributed by atoms with Crippen molar-refractivity contribution in [3.05, 3.63) is 34.6 Å². The van der Waals surface area contributed by atoms with E-state index in [-0.39, 0.29) is 5.02 Å². The van der Waals surface area contributed by atoms with Gasteiger partial charge in [0.25, 0.3) is 0 Å². The summed E-state index contributed by atoms with van der Waals surface area (Å²) in [5, 5.41) is 8.14. The number of benzene rings is 1. The highest BCUT2D eigenvalue weighted by molar-refractivity contribution is 6.30. The zero-order valence-electron chi connectivity index (χ0n) is 9.68. The molecule has 0 saturated carbocycles. The summed E-state index contributed by atoms with van der Waals surface area (Å²) in [6, 6.07) is 4.95. The molecule has 1 saturated heterocycles. The standard InChI is InChI=1S/C13H16ClFN2/c14-11-6-4-5-10(13(11)15)9-12(16)17-7-2-1-3-8-17/h4-6,16H,1-3,7-9H2. The van der Waals surface area contributed by atoms with E-state index < -0.39 is 5.82 Å². The van der Waals surface area contributed by atoms with Gasteiger partial charge in [-0.3, -0.25) is 5.41 Å². The van der Waals surface area contributed by atoms with Crippen molar-refractivity contribution >= 4 is 17.4 Å². The van der Waals surface area contributed by atoms with Gasteiger partial charge in [-0.1, -0.05) is 23.7 Å². The molecule has 1 aromatic rings. The molecule has 0 atom stereocenters. The van der Waals surface area contributed by atoms with Crippen molar-refractivity contribution in [2.45, 2.75) is 25.7 Å². The Morgan fingerprint density at radius 3 is 2.71 bits per heavy atom. The third kappa shape index (κ3) is 2.97. The van der Waals surface area contributed by atoms with Crippen LogP contribution in [0.15, 0.2) is 18.2 Å². The maximum atomic E-state index is 13.7. The molecule has 1 fully saturated rings. The number of likely N-dealkylation sites (tertiary alicyclic amines) is 1. The van der Waals surface area contributed by atoms with Crippen LogP contribution in [0, 0.1) is 11.2 Å². The van der Waals surface area contributed by atoms with Crippen LogP contribution in [0.2, 0.25) is 5.02 Å². The largest absolute Gasteiger partial charge is 0.360 e. The molecule has 0 radical (unpaired) electrons. The molecule has 0 aromatic heterocycles. The van der Waals surface area contributed by atoms with Crippen molar-refractivity contribution < 1.29 is 4.39 Å². The molecule has 1 aliphatic heterocycles. The van der Waals surface area contributed by atoms with Crippen molar-refractivity contribution in [1.82, 2.24) is 4.90 Å². The first-order valence-electron chi connectivity index (χ1n) is 5.94. The first kappa shape index (κ1) is 12.4. The number of rotatable bonds is 2. The van der Waals surface area contributed by atoms with Crippen molar-refractivity contribution in [2.75, 3.05) is 13.1 Å². The molecule has 1 N–H and O–H groups in total. The average molecular weight is 255 g/mol. The molecule has 0 unspecified atom stereocenters. The second-order valence-electron chi connectivity index (χ2n) is 4.38. The van der Waals surface area contributed by atoms with Gasteiger partial charge in [-0.05, 0) is 30.9 Å². The van der Waals surface area contributed by atoms with Crippen LogP contribution in [0.5, 0.6) is 0 Å². The fourth-order valence-corrected chi connectivity index (χ4v) is 2.34. The Balaban J connectivity index is 2.04. The molecule has 0 aliphatic carbocycles. The molecule has 1 aromatic carbocycles. The summed E-state index contributed by atoms with van der Waals surface area (Å²) >= 11 is 5.72. The van der Waals surface area contributed by atoms with E-state index in [9.17, 15) is 4.39 Å². The Labute approximate surface area is 106 Å². The summed E-state index contributed by atoms with van der Waals surface area (Å²) in [7, 11) is 0. The van der Waals surface area contributed by atoms with Gasteiger partial charge in [-0.25, -0.2) is 4.39 Å². The fraction of sp³-hybridized carbons (Fsp3) is 0.462. The summed E-state index contributed by atoms with van der Waals surface area (Å²) in [6.45, 7) is 1.84. The van der Waals surface area contributed by atoms with E-state index in [2.05, 4.69) is 0 Å². The Kier molecular flexibility index (Phi) is 4.00. The molecule has 17 heavy (non-hydrogen) atoms. The lowest BCUT2D eigenvalue weighted by molar-refractivity contribution is 0.336. The molecule has 2 nitrogen and oxygen atoms in total. The number of nitrogens with zero attached hydrogens (tertiary/aromatic N) is 1.